The van der Waals surface area contributed by atoms with E-state index in [1.54, 1.807) is 7.11 Å². The predicted octanol–water partition coefficient (Wildman–Crippen LogP) is 8.89. The molecule has 0 saturated carbocycles. The summed E-state index contributed by atoms with van der Waals surface area (Å²) in [6.07, 6.45) is 3.65. The lowest BCUT2D eigenvalue weighted by atomic mass is 9.85. The molecule has 234 valence electrons. The Kier molecular flexibility index (Phi) is 12.9. The molecular weight excluding hydrogens is 568 g/mol. The highest BCUT2D eigenvalue weighted by Crippen LogP contribution is 2.39. The van der Waals surface area contributed by atoms with Crippen molar-refractivity contribution in [3.8, 4) is 17.2 Å². The van der Waals surface area contributed by atoms with Gasteiger partial charge in [-0.05, 0) is 83.7 Å². The number of ether oxygens (including phenoxy) is 3. The molecule has 0 N–H and O–H groups in total. The lowest BCUT2D eigenvalue weighted by Crippen LogP contribution is -2.11. The molecule has 0 aliphatic carbocycles. The topological polar surface area (TPSA) is 54.0 Å². The lowest BCUT2D eigenvalue weighted by molar-refractivity contribution is 0.0889. The van der Waals surface area contributed by atoms with Crippen LogP contribution in [0.4, 0.5) is 0 Å². The van der Waals surface area contributed by atoms with Crippen molar-refractivity contribution in [3.63, 3.8) is 0 Å². The molecule has 4 aromatic rings. The summed E-state index contributed by atoms with van der Waals surface area (Å²) in [5.74, 6) is 2.68. The first-order valence-electron chi connectivity index (χ1n) is 15.6. The summed E-state index contributed by atoms with van der Waals surface area (Å²) in [4.78, 5) is 0.623. The standard InChI is InChI=1S/C38H46O5S/c1-6-13-31-26-33(42-23-22-41-27-30-14-9-7-10-15-30)19-20-35(31)29(4)25-32-18-21-37(40-5)38(36(32)24-28(2)3)43-44(39)34-16-11-8-12-17-34/h7-12,14-21,26,28-29H,6,13,22-25,27H2,1-5H3. The number of methoxy groups -OCH3 is 1. The number of hydrogen-bond acceptors (Lipinski definition) is 5. The summed E-state index contributed by atoms with van der Waals surface area (Å²) in [5.41, 5.74) is 6.03. The number of rotatable bonds is 17. The fourth-order valence-corrected chi connectivity index (χ4v) is 6.25. The van der Waals surface area contributed by atoms with Crippen LogP contribution in [0.5, 0.6) is 17.2 Å². The predicted molar refractivity (Wildman–Crippen MR) is 179 cm³/mol. The molecule has 0 radical (unpaired) electrons. The molecule has 0 aliphatic rings. The molecule has 0 fully saturated rings. The van der Waals surface area contributed by atoms with Crippen LogP contribution in [0.1, 0.15) is 67.9 Å². The molecule has 0 aliphatic heterocycles. The zero-order valence-corrected chi connectivity index (χ0v) is 27.5. The Bertz CT molecular complexity index is 1470. The number of benzene rings is 4. The van der Waals surface area contributed by atoms with Crippen molar-refractivity contribution in [2.45, 2.75) is 70.8 Å². The fraction of sp³-hybridized carbons (Fsp3) is 0.368. The van der Waals surface area contributed by atoms with Crippen LogP contribution >= 0.6 is 0 Å². The molecule has 0 saturated heterocycles. The molecule has 0 spiro atoms. The maximum atomic E-state index is 13.2. The van der Waals surface area contributed by atoms with E-state index in [2.05, 4.69) is 64.1 Å². The van der Waals surface area contributed by atoms with E-state index in [0.29, 0.717) is 42.1 Å². The van der Waals surface area contributed by atoms with Gasteiger partial charge in [0.1, 0.15) is 12.4 Å². The minimum atomic E-state index is -1.65. The Balaban J connectivity index is 1.50. The van der Waals surface area contributed by atoms with Crippen molar-refractivity contribution in [2.75, 3.05) is 20.3 Å². The Morgan fingerprint density at radius 2 is 1.52 bits per heavy atom. The third-order valence-corrected chi connectivity index (χ3v) is 8.52. The summed E-state index contributed by atoms with van der Waals surface area (Å²) in [6.45, 7) is 10.5. The summed E-state index contributed by atoms with van der Waals surface area (Å²) < 4.78 is 37.0. The van der Waals surface area contributed by atoms with Crippen molar-refractivity contribution in [1.29, 1.82) is 0 Å². The van der Waals surface area contributed by atoms with Gasteiger partial charge in [0.05, 0.1) is 25.2 Å². The van der Waals surface area contributed by atoms with Gasteiger partial charge in [-0.1, -0.05) is 94.8 Å². The van der Waals surface area contributed by atoms with Crippen LogP contribution < -0.4 is 13.7 Å². The van der Waals surface area contributed by atoms with Crippen molar-refractivity contribution in [1.82, 2.24) is 0 Å². The SMILES string of the molecule is CCCc1cc(OCCOCc2ccccc2)ccc1C(C)Cc1ccc(OC)c(OS(=O)c2ccccc2)c1CC(C)C. The van der Waals surface area contributed by atoms with Gasteiger partial charge in [0.2, 0.25) is 11.1 Å². The molecule has 0 amide bonds. The minimum Gasteiger partial charge on any atom is -0.493 e. The average molecular weight is 615 g/mol. The molecule has 5 nitrogen and oxygen atoms in total. The van der Waals surface area contributed by atoms with E-state index in [4.69, 9.17) is 18.4 Å². The van der Waals surface area contributed by atoms with Gasteiger partial charge in [-0.25, -0.2) is 4.21 Å². The summed E-state index contributed by atoms with van der Waals surface area (Å²) in [6, 6.07) is 30.0. The van der Waals surface area contributed by atoms with Crippen LogP contribution in [0.15, 0.2) is 95.9 Å². The second-order valence-electron chi connectivity index (χ2n) is 11.6. The summed E-state index contributed by atoms with van der Waals surface area (Å²) >= 11 is -1.65. The quantitative estimate of drug-likeness (QED) is 0.111. The zero-order valence-electron chi connectivity index (χ0n) is 26.7. The minimum absolute atomic E-state index is 0.256. The van der Waals surface area contributed by atoms with Gasteiger partial charge in [-0.15, -0.1) is 0 Å². The maximum Gasteiger partial charge on any atom is 0.240 e. The van der Waals surface area contributed by atoms with Crippen LogP contribution in [0.2, 0.25) is 0 Å². The molecule has 2 unspecified atom stereocenters. The third-order valence-electron chi connectivity index (χ3n) is 7.55. The summed E-state index contributed by atoms with van der Waals surface area (Å²) in [7, 11) is 1.63. The first-order chi connectivity index (χ1) is 21.4. The van der Waals surface area contributed by atoms with Gasteiger partial charge in [-0.2, -0.15) is 0 Å². The Hall–Kier alpha value is -3.61. The first kappa shape index (κ1) is 33.3. The van der Waals surface area contributed by atoms with Crippen LogP contribution in [0.3, 0.4) is 0 Å². The van der Waals surface area contributed by atoms with Gasteiger partial charge >= 0.3 is 0 Å². The number of aryl methyl sites for hydroxylation is 1. The molecule has 2 atom stereocenters. The van der Waals surface area contributed by atoms with Gasteiger partial charge in [0, 0.05) is 5.56 Å². The second kappa shape index (κ2) is 17.0. The second-order valence-corrected chi connectivity index (χ2v) is 12.7. The molecule has 0 aromatic heterocycles. The average Bonchev–Trinajstić information content (AvgIpc) is 3.03. The first-order valence-corrected chi connectivity index (χ1v) is 16.7. The molecule has 4 rings (SSSR count). The van der Waals surface area contributed by atoms with E-state index in [0.717, 1.165) is 42.6 Å². The van der Waals surface area contributed by atoms with E-state index < -0.39 is 11.1 Å². The van der Waals surface area contributed by atoms with E-state index in [1.165, 1.54) is 16.7 Å². The monoisotopic (exact) mass is 614 g/mol. The normalized spacial score (nSPS) is 12.6. The van der Waals surface area contributed by atoms with Crippen molar-refractivity contribution in [3.05, 3.63) is 119 Å². The summed E-state index contributed by atoms with van der Waals surface area (Å²) in [5, 5.41) is 0. The molecular formula is C38H46O5S. The van der Waals surface area contributed by atoms with Crippen molar-refractivity contribution in [2.24, 2.45) is 5.92 Å². The van der Waals surface area contributed by atoms with Gasteiger partial charge in [0.25, 0.3) is 0 Å². The van der Waals surface area contributed by atoms with Gasteiger partial charge < -0.3 is 18.4 Å². The Morgan fingerprint density at radius 1 is 0.795 bits per heavy atom. The van der Waals surface area contributed by atoms with Crippen LogP contribution in [-0.2, 0) is 41.7 Å². The molecule has 6 heteroatoms. The fourth-order valence-electron chi connectivity index (χ4n) is 5.44. The van der Waals surface area contributed by atoms with Crippen molar-refractivity contribution >= 4 is 11.1 Å². The van der Waals surface area contributed by atoms with Crippen LogP contribution in [0, 0.1) is 5.92 Å². The zero-order chi connectivity index (χ0) is 31.3. The molecule has 0 heterocycles. The van der Waals surface area contributed by atoms with E-state index in [9.17, 15) is 4.21 Å². The maximum absolute atomic E-state index is 13.2. The molecule has 4 aromatic carbocycles. The van der Waals surface area contributed by atoms with E-state index in [1.807, 2.05) is 54.6 Å². The number of hydrogen-bond donors (Lipinski definition) is 0. The highest BCUT2D eigenvalue weighted by atomic mass is 32.2. The highest BCUT2D eigenvalue weighted by molar-refractivity contribution is 7.80. The molecule has 44 heavy (non-hydrogen) atoms. The van der Waals surface area contributed by atoms with Crippen LogP contribution in [0.25, 0.3) is 0 Å². The van der Waals surface area contributed by atoms with E-state index in [-0.39, 0.29) is 5.92 Å². The Labute approximate surface area is 266 Å². The van der Waals surface area contributed by atoms with E-state index >= 15 is 0 Å². The van der Waals surface area contributed by atoms with Crippen LogP contribution in [-0.4, -0.2) is 24.5 Å². The lowest BCUT2D eigenvalue weighted by Gasteiger charge is -2.22. The Morgan fingerprint density at radius 3 is 2.20 bits per heavy atom. The highest BCUT2D eigenvalue weighted by Gasteiger charge is 2.22. The third kappa shape index (κ3) is 9.44. The molecule has 0 bridgehead atoms. The van der Waals surface area contributed by atoms with Crippen molar-refractivity contribution < 1.29 is 22.6 Å². The van der Waals surface area contributed by atoms with Gasteiger partial charge in [0.15, 0.2) is 11.5 Å². The smallest absolute Gasteiger partial charge is 0.240 e. The van der Waals surface area contributed by atoms with Gasteiger partial charge in [-0.3, -0.25) is 0 Å². The largest absolute Gasteiger partial charge is 0.493 e.